The van der Waals surface area contributed by atoms with Gasteiger partial charge in [0.15, 0.2) is 0 Å². The largest absolute Gasteiger partial charge is 0.309 e. The van der Waals surface area contributed by atoms with Crippen molar-refractivity contribution in [1.82, 2.24) is 13.9 Å². The van der Waals surface area contributed by atoms with Gasteiger partial charge in [-0.3, -0.25) is 14.5 Å². The van der Waals surface area contributed by atoms with Gasteiger partial charge in [0, 0.05) is 50.7 Å². The third kappa shape index (κ3) is 3.54. The van der Waals surface area contributed by atoms with Crippen molar-refractivity contribution in [3.8, 4) is 0 Å². The highest BCUT2D eigenvalue weighted by Crippen LogP contribution is 2.36. The van der Waals surface area contributed by atoms with Gasteiger partial charge in [-0.15, -0.1) is 0 Å². The van der Waals surface area contributed by atoms with Crippen molar-refractivity contribution in [3.05, 3.63) is 48.0 Å². The molecule has 3 aromatic rings. The van der Waals surface area contributed by atoms with Crippen LogP contribution in [0.1, 0.15) is 32.3 Å². The van der Waals surface area contributed by atoms with Gasteiger partial charge in [-0.25, -0.2) is 13.4 Å². The van der Waals surface area contributed by atoms with Crippen LogP contribution in [0.5, 0.6) is 0 Å². The third-order valence-electron chi connectivity index (χ3n) is 7.74. The summed E-state index contributed by atoms with van der Waals surface area (Å²) in [5.41, 5.74) is 3.57. The Morgan fingerprint density at radius 1 is 1.00 bits per heavy atom. The van der Waals surface area contributed by atoms with Crippen LogP contribution in [0, 0.1) is 5.92 Å². The van der Waals surface area contributed by atoms with Crippen LogP contribution in [0.3, 0.4) is 0 Å². The second-order valence-electron chi connectivity index (χ2n) is 9.95. The summed E-state index contributed by atoms with van der Waals surface area (Å²) in [4.78, 5) is 33.8. The Morgan fingerprint density at radius 2 is 1.75 bits per heavy atom. The van der Waals surface area contributed by atoms with Crippen molar-refractivity contribution in [2.45, 2.75) is 50.6 Å². The van der Waals surface area contributed by atoms with Crippen molar-refractivity contribution in [3.63, 3.8) is 0 Å². The van der Waals surface area contributed by atoms with E-state index in [9.17, 15) is 18.0 Å². The highest BCUT2D eigenvalue weighted by molar-refractivity contribution is 7.89. The Morgan fingerprint density at radius 3 is 2.50 bits per heavy atom. The molecule has 3 aliphatic rings. The van der Waals surface area contributed by atoms with Crippen LogP contribution >= 0.6 is 0 Å². The standard InChI is InChI=1S/C26H29N5O4S/c1-17-15-20-16-21(7-8-23(20)31(17)18(2)32)36(34,35)28-11-9-19(10-12-28)25(33)30-14-13-29-24-6-4-3-5-22(24)27-26(29)30/h3-8,16-17,19H,9-15H2,1-2H3. The highest BCUT2D eigenvalue weighted by atomic mass is 32.2. The van der Waals surface area contributed by atoms with Gasteiger partial charge in [-0.1, -0.05) is 12.1 Å². The van der Waals surface area contributed by atoms with Gasteiger partial charge in [-0.2, -0.15) is 4.31 Å². The molecule has 0 radical (unpaired) electrons. The number of benzene rings is 2. The van der Waals surface area contributed by atoms with E-state index in [1.54, 1.807) is 28.0 Å². The fourth-order valence-corrected chi connectivity index (χ4v) is 7.48. The fraction of sp³-hybridized carbons (Fsp3) is 0.423. The normalized spacial score (nSPS) is 20.7. The maximum Gasteiger partial charge on any atom is 0.243 e. The average molecular weight is 508 g/mol. The van der Waals surface area contributed by atoms with Gasteiger partial charge in [0.2, 0.25) is 27.8 Å². The summed E-state index contributed by atoms with van der Waals surface area (Å²) in [6.45, 7) is 5.40. The van der Waals surface area contributed by atoms with Crippen LogP contribution in [-0.4, -0.2) is 59.8 Å². The molecule has 4 heterocycles. The van der Waals surface area contributed by atoms with Crippen molar-refractivity contribution in [2.24, 2.45) is 5.92 Å². The minimum Gasteiger partial charge on any atom is -0.309 e. The first kappa shape index (κ1) is 23.2. The molecule has 36 heavy (non-hydrogen) atoms. The van der Waals surface area contributed by atoms with E-state index in [2.05, 4.69) is 9.55 Å². The van der Waals surface area contributed by atoms with Crippen LogP contribution < -0.4 is 9.80 Å². The molecule has 10 heteroatoms. The van der Waals surface area contributed by atoms with Crippen molar-refractivity contribution >= 4 is 44.5 Å². The van der Waals surface area contributed by atoms with E-state index in [0.717, 1.165) is 22.3 Å². The van der Waals surface area contributed by atoms with Crippen molar-refractivity contribution < 1.29 is 18.0 Å². The molecule has 1 unspecified atom stereocenters. The summed E-state index contributed by atoms with van der Waals surface area (Å²) < 4.78 is 30.4. The molecule has 3 aliphatic heterocycles. The van der Waals surface area contributed by atoms with Gasteiger partial charge >= 0.3 is 0 Å². The molecular formula is C26H29N5O4S. The summed E-state index contributed by atoms with van der Waals surface area (Å²) in [6, 6.07) is 12.9. The Labute approximate surface area is 210 Å². The average Bonchev–Trinajstić information content (AvgIpc) is 3.53. The van der Waals surface area contributed by atoms with Crippen LogP contribution in [0.4, 0.5) is 11.6 Å². The summed E-state index contributed by atoms with van der Waals surface area (Å²) >= 11 is 0. The Balaban J connectivity index is 1.16. The van der Waals surface area contributed by atoms with Crippen molar-refractivity contribution in [2.75, 3.05) is 29.4 Å². The Bertz CT molecular complexity index is 1490. The van der Waals surface area contributed by atoms with E-state index in [4.69, 9.17) is 0 Å². The maximum atomic E-state index is 13.4. The minimum atomic E-state index is -3.68. The quantitative estimate of drug-likeness (QED) is 0.543. The zero-order valence-corrected chi connectivity index (χ0v) is 21.2. The van der Waals surface area contributed by atoms with Crippen LogP contribution in [0.2, 0.25) is 0 Å². The number of carbonyl (C=O) groups excluding carboxylic acids is 2. The number of sulfonamides is 1. The van der Waals surface area contributed by atoms with Gasteiger partial charge in [0.1, 0.15) is 0 Å². The molecule has 1 aromatic heterocycles. The number of carbonyl (C=O) groups is 2. The second-order valence-corrected chi connectivity index (χ2v) is 11.9. The van der Waals surface area contributed by atoms with E-state index in [-0.39, 0.29) is 28.7 Å². The molecule has 188 valence electrons. The molecule has 0 bridgehead atoms. The third-order valence-corrected chi connectivity index (χ3v) is 9.63. The summed E-state index contributed by atoms with van der Waals surface area (Å²) in [5, 5.41) is 0. The molecule has 0 spiro atoms. The lowest BCUT2D eigenvalue weighted by Crippen LogP contribution is -2.44. The SMILES string of the molecule is CC(=O)N1c2ccc(S(=O)(=O)N3CCC(C(=O)N4CCn5c4nc4ccccc45)CC3)cc2CC1C. The minimum absolute atomic E-state index is 0.0102. The lowest BCUT2D eigenvalue weighted by molar-refractivity contribution is -0.123. The number of anilines is 2. The number of fused-ring (bicyclic) bond motifs is 4. The van der Waals surface area contributed by atoms with Crippen LogP contribution in [0.25, 0.3) is 11.0 Å². The molecule has 1 saturated heterocycles. The van der Waals surface area contributed by atoms with Gasteiger partial charge in [-0.05, 0) is 62.1 Å². The number of hydrogen-bond acceptors (Lipinski definition) is 5. The molecule has 0 saturated carbocycles. The number of para-hydroxylation sites is 2. The summed E-state index contributed by atoms with van der Waals surface area (Å²) in [5.74, 6) is 0.435. The molecular weight excluding hydrogens is 478 g/mol. The Hall–Kier alpha value is -3.24. The molecule has 2 aromatic carbocycles. The van der Waals surface area contributed by atoms with Crippen molar-refractivity contribution in [1.29, 1.82) is 0 Å². The number of amides is 2. The lowest BCUT2D eigenvalue weighted by atomic mass is 9.96. The van der Waals surface area contributed by atoms with Crippen LogP contribution in [-0.2, 0) is 32.6 Å². The van der Waals surface area contributed by atoms with E-state index in [1.165, 1.54) is 11.2 Å². The first-order valence-electron chi connectivity index (χ1n) is 12.4. The molecule has 0 aliphatic carbocycles. The second kappa shape index (κ2) is 8.41. The number of hydrogen-bond donors (Lipinski definition) is 0. The molecule has 0 N–H and O–H groups in total. The predicted octanol–water partition coefficient (Wildman–Crippen LogP) is 2.78. The first-order valence-corrected chi connectivity index (χ1v) is 13.9. The number of rotatable bonds is 3. The predicted molar refractivity (Wildman–Crippen MR) is 136 cm³/mol. The van der Waals surface area contributed by atoms with Gasteiger partial charge < -0.3 is 9.47 Å². The van der Waals surface area contributed by atoms with Gasteiger partial charge in [0.25, 0.3) is 0 Å². The first-order chi connectivity index (χ1) is 17.3. The number of piperidine rings is 1. The Kier molecular flexibility index (Phi) is 5.42. The number of aromatic nitrogens is 2. The fourth-order valence-electron chi connectivity index (χ4n) is 5.96. The molecule has 6 rings (SSSR count). The molecule has 1 fully saturated rings. The molecule has 2 amide bonds. The smallest absolute Gasteiger partial charge is 0.243 e. The number of nitrogens with zero attached hydrogens (tertiary/aromatic N) is 5. The molecule has 1 atom stereocenters. The topological polar surface area (TPSA) is 95.8 Å². The molecule has 9 nitrogen and oxygen atoms in total. The zero-order chi connectivity index (χ0) is 25.2. The lowest BCUT2D eigenvalue weighted by Gasteiger charge is -2.32. The maximum absolute atomic E-state index is 13.4. The van der Waals surface area contributed by atoms with Crippen LogP contribution in [0.15, 0.2) is 47.4 Å². The zero-order valence-electron chi connectivity index (χ0n) is 20.4. The van der Waals surface area contributed by atoms with E-state index < -0.39 is 10.0 Å². The van der Waals surface area contributed by atoms with Gasteiger partial charge in [0.05, 0.1) is 15.9 Å². The van der Waals surface area contributed by atoms with E-state index >= 15 is 0 Å². The summed E-state index contributed by atoms with van der Waals surface area (Å²) in [7, 11) is -3.68. The van der Waals surface area contributed by atoms with E-state index in [1.807, 2.05) is 31.2 Å². The summed E-state index contributed by atoms with van der Waals surface area (Å²) in [6.07, 6.45) is 1.60. The number of imidazole rings is 1. The highest BCUT2D eigenvalue weighted by Gasteiger charge is 2.38. The van der Waals surface area contributed by atoms with E-state index in [0.29, 0.717) is 51.4 Å². The monoisotopic (exact) mass is 507 g/mol.